The lowest BCUT2D eigenvalue weighted by atomic mass is 10.1. The molecule has 3 nitrogen and oxygen atoms in total. The first kappa shape index (κ1) is 8.44. The zero-order valence-corrected chi connectivity index (χ0v) is 6.96. The molecule has 1 fully saturated rings. The zero-order valence-electron chi connectivity index (χ0n) is 6.96. The molecular formula is C8H13NO2. The molecule has 1 aliphatic carbocycles. The first-order valence-electron chi connectivity index (χ1n) is 3.91. The molecule has 3 heteroatoms. The van der Waals surface area contributed by atoms with Crippen LogP contribution in [0.25, 0.3) is 0 Å². The average molecular weight is 155 g/mol. The predicted molar refractivity (Wildman–Crippen MR) is 41.2 cm³/mol. The number of carbonyl (C=O) groups excluding carboxylic acids is 1. The minimum Gasteiger partial charge on any atom is -0.379 e. The smallest absolute Gasteiger partial charge is 0.235 e. The highest BCUT2D eigenvalue weighted by Gasteiger charge is 2.49. The molecule has 11 heavy (non-hydrogen) atoms. The molecule has 1 saturated carbocycles. The Kier molecular flexibility index (Phi) is 2.42. The number of hydrogen-bond donors (Lipinski definition) is 0. The Labute approximate surface area is 66.5 Å². The summed E-state index contributed by atoms with van der Waals surface area (Å²) >= 11 is 0. The number of isocyanates is 1. The number of nitrogens with zero attached hydrogens (tertiary/aromatic N) is 1. The van der Waals surface area contributed by atoms with Crippen LogP contribution in [-0.4, -0.2) is 24.8 Å². The number of aliphatic imine (C=N–C) groups is 1. The van der Waals surface area contributed by atoms with Crippen LogP contribution in [0.5, 0.6) is 0 Å². The van der Waals surface area contributed by atoms with Gasteiger partial charge in [0.2, 0.25) is 6.08 Å². The van der Waals surface area contributed by atoms with Gasteiger partial charge < -0.3 is 4.74 Å². The van der Waals surface area contributed by atoms with Crippen LogP contribution in [0, 0.1) is 0 Å². The van der Waals surface area contributed by atoms with Crippen LogP contribution in [0.2, 0.25) is 0 Å². The SMILES string of the molecule is CCC(OC)C1(N=C=O)CC1. The third-order valence-corrected chi connectivity index (χ3v) is 2.29. The van der Waals surface area contributed by atoms with E-state index >= 15 is 0 Å². The third kappa shape index (κ3) is 1.50. The highest BCUT2D eigenvalue weighted by atomic mass is 16.5. The molecule has 0 aliphatic heterocycles. The van der Waals surface area contributed by atoms with Crippen molar-refractivity contribution in [1.82, 2.24) is 0 Å². The van der Waals surface area contributed by atoms with Gasteiger partial charge in [-0.05, 0) is 19.3 Å². The largest absolute Gasteiger partial charge is 0.379 e. The Morgan fingerprint density at radius 3 is 2.64 bits per heavy atom. The van der Waals surface area contributed by atoms with Crippen molar-refractivity contribution in [2.45, 2.75) is 37.8 Å². The van der Waals surface area contributed by atoms with Gasteiger partial charge in [0, 0.05) is 7.11 Å². The highest BCUT2D eigenvalue weighted by molar-refractivity contribution is 5.37. The lowest BCUT2D eigenvalue weighted by molar-refractivity contribution is 0.0700. The van der Waals surface area contributed by atoms with Gasteiger partial charge >= 0.3 is 0 Å². The molecule has 1 rings (SSSR count). The number of hydrogen-bond acceptors (Lipinski definition) is 3. The molecule has 0 aromatic rings. The van der Waals surface area contributed by atoms with E-state index < -0.39 is 0 Å². The molecule has 0 heterocycles. The molecule has 1 aliphatic rings. The second-order valence-electron chi connectivity index (χ2n) is 2.94. The lowest BCUT2D eigenvalue weighted by Crippen LogP contribution is -2.27. The molecule has 1 unspecified atom stereocenters. The summed E-state index contributed by atoms with van der Waals surface area (Å²) < 4.78 is 5.21. The second-order valence-corrected chi connectivity index (χ2v) is 2.94. The monoisotopic (exact) mass is 155 g/mol. The first-order valence-corrected chi connectivity index (χ1v) is 3.91. The van der Waals surface area contributed by atoms with Gasteiger partial charge in [0.1, 0.15) is 0 Å². The number of ether oxygens (including phenoxy) is 1. The van der Waals surface area contributed by atoms with Crippen LogP contribution >= 0.6 is 0 Å². The maximum Gasteiger partial charge on any atom is 0.235 e. The van der Waals surface area contributed by atoms with Crippen molar-refractivity contribution in [3.8, 4) is 0 Å². The molecular weight excluding hydrogens is 142 g/mol. The quantitative estimate of drug-likeness (QED) is 0.453. The van der Waals surface area contributed by atoms with E-state index in [-0.39, 0.29) is 11.6 Å². The summed E-state index contributed by atoms with van der Waals surface area (Å²) in [5, 5.41) is 0. The molecule has 0 bridgehead atoms. The molecule has 0 N–H and O–H groups in total. The Morgan fingerprint density at radius 2 is 2.36 bits per heavy atom. The van der Waals surface area contributed by atoms with Crippen molar-refractivity contribution in [2.24, 2.45) is 4.99 Å². The van der Waals surface area contributed by atoms with Gasteiger partial charge in [0.25, 0.3) is 0 Å². The Morgan fingerprint density at radius 1 is 1.73 bits per heavy atom. The fourth-order valence-corrected chi connectivity index (χ4v) is 1.49. The standard InChI is InChI=1S/C8H13NO2/c1-3-7(11-2)8(4-5-8)9-6-10/h7H,3-5H2,1-2H3. The van der Waals surface area contributed by atoms with Crippen LogP contribution in [0.15, 0.2) is 4.99 Å². The average Bonchev–Trinajstić information content (AvgIpc) is 2.73. The van der Waals surface area contributed by atoms with E-state index in [4.69, 9.17) is 4.74 Å². The van der Waals surface area contributed by atoms with Crippen LogP contribution in [-0.2, 0) is 9.53 Å². The summed E-state index contributed by atoms with van der Waals surface area (Å²) in [7, 11) is 1.66. The summed E-state index contributed by atoms with van der Waals surface area (Å²) in [6.45, 7) is 2.04. The maximum absolute atomic E-state index is 10.0. The Balaban J connectivity index is 2.62. The van der Waals surface area contributed by atoms with Crippen molar-refractivity contribution in [3.05, 3.63) is 0 Å². The highest BCUT2D eigenvalue weighted by Crippen LogP contribution is 2.44. The van der Waals surface area contributed by atoms with Crippen molar-refractivity contribution in [3.63, 3.8) is 0 Å². The van der Waals surface area contributed by atoms with Gasteiger partial charge in [-0.15, -0.1) is 0 Å². The molecule has 1 atom stereocenters. The van der Waals surface area contributed by atoms with Gasteiger partial charge in [-0.1, -0.05) is 6.92 Å². The summed E-state index contributed by atoms with van der Waals surface area (Å²) in [6.07, 6.45) is 4.55. The minimum atomic E-state index is -0.203. The van der Waals surface area contributed by atoms with Crippen molar-refractivity contribution in [1.29, 1.82) is 0 Å². The van der Waals surface area contributed by atoms with E-state index in [1.807, 2.05) is 6.92 Å². The molecule has 0 aromatic carbocycles. The maximum atomic E-state index is 10.0. The van der Waals surface area contributed by atoms with E-state index in [0.29, 0.717) is 0 Å². The fraction of sp³-hybridized carbons (Fsp3) is 0.875. The molecule has 0 amide bonds. The normalized spacial score (nSPS) is 22.0. The van der Waals surface area contributed by atoms with E-state index in [0.717, 1.165) is 19.3 Å². The molecule has 62 valence electrons. The number of rotatable bonds is 4. The van der Waals surface area contributed by atoms with E-state index in [9.17, 15) is 4.79 Å². The topological polar surface area (TPSA) is 38.7 Å². The minimum absolute atomic E-state index is 0.101. The Bertz CT molecular complexity index is 177. The Hall–Kier alpha value is -0.660. The van der Waals surface area contributed by atoms with Gasteiger partial charge in [0.15, 0.2) is 0 Å². The van der Waals surface area contributed by atoms with Crippen molar-refractivity contribution < 1.29 is 9.53 Å². The molecule has 0 saturated heterocycles. The van der Waals surface area contributed by atoms with Gasteiger partial charge in [-0.2, -0.15) is 4.99 Å². The lowest BCUT2D eigenvalue weighted by Gasteiger charge is -2.18. The van der Waals surface area contributed by atoms with E-state index in [2.05, 4.69) is 4.99 Å². The summed E-state index contributed by atoms with van der Waals surface area (Å²) in [6, 6.07) is 0. The molecule has 0 aromatic heterocycles. The molecule has 0 spiro atoms. The molecule has 0 radical (unpaired) electrons. The summed E-state index contributed by atoms with van der Waals surface area (Å²) in [4.78, 5) is 13.8. The van der Waals surface area contributed by atoms with Crippen LogP contribution < -0.4 is 0 Å². The van der Waals surface area contributed by atoms with Gasteiger partial charge in [-0.25, -0.2) is 4.79 Å². The van der Waals surface area contributed by atoms with Crippen molar-refractivity contribution >= 4 is 6.08 Å². The van der Waals surface area contributed by atoms with Crippen LogP contribution in [0.3, 0.4) is 0 Å². The van der Waals surface area contributed by atoms with E-state index in [1.54, 1.807) is 13.2 Å². The summed E-state index contributed by atoms with van der Waals surface area (Å²) in [5.74, 6) is 0. The first-order chi connectivity index (χ1) is 5.29. The predicted octanol–water partition coefficient (Wildman–Crippen LogP) is 1.28. The van der Waals surface area contributed by atoms with Gasteiger partial charge in [-0.3, -0.25) is 0 Å². The summed E-state index contributed by atoms with van der Waals surface area (Å²) in [5.41, 5.74) is -0.203. The second kappa shape index (κ2) is 3.16. The van der Waals surface area contributed by atoms with E-state index in [1.165, 1.54) is 0 Å². The van der Waals surface area contributed by atoms with Crippen LogP contribution in [0.4, 0.5) is 0 Å². The van der Waals surface area contributed by atoms with Crippen LogP contribution in [0.1, 0.15) is 26.2 Å². The number of methoxy groups -OCH3 is 1. The van der Waals surface area contributed by atoms with Gasteiger partial charge in [0.05, 0.1) is 11.6 Å². The zero-order chi connectivity index (χ0) is 8.32. The fourth-order valence-electron chi connectivity index (χ4n) is 1.49. The third-order valence-electron chi connectivity index (χ3n) is 2.29. The van der Waals surface area contributed by atoms with Crippen molar-refractivity contribution in [2.75, 3.05) is 7.11 Å².